The molecule has 6 N–H and O–H groups in total. The molecule has 0 radical (unpaired) electrons. The Balaban J connectivity index is 1.47. The van der Waals surface area contributed by atoms with E-state index in [0.717, 1.165) is 17.7 Å². The number of hydrogen-bond acceptors (Lipinski definition) is 6. The van der Waals surface area contributed by atoms with Gasteiger partial charge in [-0.3, -0.25) is 9.78 Å². The van der Waals surface area contributed by atoms with Crippen molar-refractivity contribution in [2.75, 3.05) is 5.32 Å². The Kier molecular flexibility index (Phi) is 7.77. The van der Waals surface area contributed by atoms with Gasteiger partial charge in [0.15, 0.2) is 0 Å². The van der Waals surface area contributed by atoms with Crippen molar-refractivity contribution >= 4 is 29.3 Å². The van der Waals surface area contributed by atoms with Gasteiger partial charge in [-0.2, -0.15) is 0 Å². The fourth-order valence-corrected chi connectivity index (χ4v) is 5.02. The summed E-state index contributed by atoms with van der Waals surface area (Å²) in [5, 5.41) is 14.3. The standard InChI is InChI=1S/C27H31F2N7O/c1-14-8-20(28)25(21(29)9-14)22(30)5-4-18-12-33-27(35-18)36-24-13-32-7-6-19(24)17-10-15(2)26(23(31)11-17)34-16(3)37/h4-9,12-13,15,17,23,26,30H,10-11,31H2,1-3H3,(H,34,37)(H2,33,35,36)/b5-4-,30-22?. The molecule has 1 aliphatic carbocycles. The Bertz CT molecular complexity index is 1300. The summed E-state index contributed by atoms with van der Waals surface area (Å²) < 4.78 is 28.3. The van der Waals surface area contributed by atoms with Gasteiger partial charge in [0.25, 0.3) is 0 Å². The van der Waals surface area contributed by atoms with Crippen molar-refractivity contribution in [1.82, 2.24) is 20.3 Å². The maximum atomic E-state index is 14.2. The average molecular weight is 508 g/mol. The summed E-state index contributed by atoms with van der Waals surface area (Å²) in [6.07, 6.45) is 9.45. The normalized spacial score (nSPS) is 21.7. The summed E-state index contributed by atoms with van der Waals surface area (Å²) in [4.78, 5) is 23.2. The predicted octanol–water partition coefficient (Wildman–Crippen LogP) is 4.56. The Morgan fingerprint density at radius 2 is 1.97 bits per heavy atom. The highest BCUT2D eigenvalue weighted by atomic mass is 19.1. The molecule has 0 saturated heterocycles. The van der Waals surface area contributed by atoms with Gasteiger partial charge < -0.3 is 26.8 Å². The highest BCUT2D eigenvalue weighted by molar-refractivity contribution is 6.09. The number of pyridine rings is 1. The number of anilines is 2. The van der Waals surface area contributed by atoms with Crippen LogP contribution in [0.1, 0.15) is 55.0 Å². The minimum absolute atomic E-state index is 0.0630. The van der Waals surface area contributed by atoms with Crippen molar-refractivity contribution in [1.29, 1.82) is 5.41 Å². The molecule has 8 nitrogen and oxygen atoms in total. The Hall–Kier alpha value is -3.92. The van der Waals surface area contributed by atoms with E-state index in [0.29, 0.717) is 23.6 Å². The van der Waals surface area contributed by atoms with Crippen LogP contribution in [0.15, 0.2) is 42.9 Å². The number of aromatic nitrogens is 3. The molecule has 1 aliphatic rings. The molecule has 1 amide bonds. The van der Waals surface area contributed by atoms with Gasteiger partial charge in [-0.15, -0.1) is 0 Å². The molecule has 4 atom stereocenters. The number of halogens is 2. The number of rotatable bonds is 7. The third-order valence-electron chi connectivity index (χ3n) is 6.69. The van der Waals surface area contributed by atoms with Crippen LogP contribution in [0.3, 0.4) is 0 Å². The number of H-pyrrole nitrogens is 1. The molecule has 0 aliphatic heterocycles. The molecule has 4 unspecified atom stereocenters. The van der Waals surface area contributed by atoms with Crippen LogP contribution in [-0.4, -0.2) is 38.7 Å². The molecule has 2 aromatic heterocycles. The molecule has 0 spiro atoms. The number of aromatic amines is 1. The van der Waals surface area contributed by atoms with E-state index >= 15 is 0 Å². The van der Waals surface area contributed by atoms with Crippen molar-refractivity contribution in [2.45, 2.75) is 51.6 Å². The van der Waals surface area contributed by atoms with E-state index in [1.807, 2.05) is 6.07 Å². The summed E-state index contributed by atoms with van der Waals surface area (Å²) in [5.74, 6) is -0.791. The van der Waals surface area contributed by atoms with Crippen LogP contribution in [-0.2, 0) is 4.79 Å². The van der Waals surface area contributed by atoms with Gasteiger partial charge in [-0.25, -0.2) is 13.8 Å². The zero-order valence-electron chi connectivity index (χ0n) is 21.0. The highest BCUT2D eigenvalue weighted by Gasteiger charge is 2.35. The van der Waals surface area contributed by atoms with Crippen molar-refractivity contribution in [3.8, 4) is 0 Å². The van der Waals surface area contributed by atoms with Gasteiger partial charge in [0.05, 0.1) is 35.1 Å². The molecule has 0 bridgehead atoms. The SMILES string of the molecule is CC(=O)NC1C(C)CC(c2ccncc2Nc2ncc(/C=C\C(=N)c3c(F)cc(C)cc3F)[nH]2)CC1N. The molecule has 194 valence electrons. The first-order chi connectivity index (χ1) is 17.6. The predicted molar refractivity (Wildman–Crippen MR) is 140 cm³/mol. The summed E-state index contributed by atoms with van der Waals surface area (Å²) >= 11 is 0. The van der Waals surface area contributed by atoms with Gasteiger partial charge in [-0.1, -0.05) is 6.92 Å². The first-order valence-corrected chi connectivity index (χ1v) is 12.1. The van der Waals surface area contributed by atoms with Gasteiger partial charge in [0, 0.05) is 25.2 Å². The number of aryl methyl sites for hydroxylation is 1. The number of allylic oxidation sites excluding steroid dienone is 1. The fraction of sp³-hybridized carbons (Fsp3) is 0.333. The van der Waals surface area contributed by atoms with Crippen molar-refractivity contribution in [3.63, 3.8) is 0 Å². The number of carbonyl (C=O) groups is 1. The molecular formula is C27H31F2N7O. The van der Waals surface area contributed by atoms with Crippen LogP contribution in [0.5, 0.6) is 0 Å². The zero-order chi connectivity index (χ0) is 26.7. The molecule has 37 heavy (non-hydrogen) atoms. The molecule has 1 saturated carbocycles. The van der Waals surface area contributed by atoms with E-state index in [1.54, 1.807) is 25.5 Å². The molecule has 10 heteroatoms. The van der Waals surface area contributed by atoms with E-state index in [1.165, 1.54) is 31.2 Å². The zero-order valence-corrected chi connectivity index (χ0v) is 21.0. The smallest absolute Gasteiger partial charge is 0.217 e. The number of imidazole rings is 1. The van der Waals surface area contributed by atoms with Crippen molar-refractivity contribution in [2.24, 2.45) is 11.7 Å². The number of amides is 1. The molecule has 3 aromatic rings. The first-order valence-electron chi connectivity index (χ1n) is 12.1. The van der Waals surface area contributed by atoms with Gasteiger partial charge in [0.1, 0.15) is 11.6 Å². The third kappa shape index (κ3) is 6.08. The monoisotopic (exact) mass is 507 g/mol. The maximum Gasteiger partial charge on any atom is 0.217 e. The van der Waals surface area contributed by atoms with E-state index in [9.17, 15) is 13.6 Å². The number of hydrogen-bond donors (Lipinski definition) is 5. The van der Waals surface area contributed by atoms with Crippen LogP contribution < -0.4 is 16.4 Å². The largest absolute Gasteiger partial charge is 0.352 e. The molecule has 1 fully saturated rings. The summed E-state index contributed by atoms with van der Waals surface area (Å²) in [6, 6.07) is 4.12. The lowest BCUT2D eigenvalue weighted by Crippen LogP contribution is -2.54. The lowest BCUT2D eigenvalue weighted by molar-refractivity contribution is -0.120. The second-order valence-corrected chi connectivity index (χ2v) is 9.66. The first kappa shape index (κ1) is 26.2. The quantitative estimate of drug-likeness (QED) is 0.299. The van der Waals surface area contributed by atoms with Crippen LogP contribution >= 0.6 is 0 Å². The molecule has 2 heterocycles. The highest BCUT2D eigenvalue weighted by Crippen LogP contribution is 2.39. The Morgan fingerprint density at radius 3 is 2.65 bits per heavy atom. The maximum absolute atomic E-state index is 14.2. The Labute approximate surface area is 214 Å². The number of carbonyl (C=O) groups excluding carboxylic acids is 1. The second kappa shape index (κ2) is 11.0. The third-order valence-corrected chi connectivity index (χ3v) is 6.69. The van der Waals surface area contributed by atoms with Crippen molar-refractivity contribution in [3.05, 3.63) is 76.9 Å². The Morgan fingerprint density at radius 1 is 1.24 bits per heavy atom. The van der Waals surface area contributed by atoms with Crippen LogP contribution in [0, 0.1) is 29.9 Å². The van der Waals surface area contributed by atoms with Crippen LogP contribution in [0.4, 0.5) is 20.4 Å². The minimum atomic E-state index is -0.775. The molecule has 1 aromatic carbocycles. The lowest BCUT2D eigenvalue weighted by atomic mass is 9.73. The number of nitrogens with zero attached hydrogens (tertiary/aromatic N) is 2. The topological polar surface area (TPSA) is 133 Å². The molecule has 4 rings (SSSR count). The van der Waals surface area contributed by atoms with Gasteiger partial charge in [-0.05, 0) is 73.1 Å². The van der Waals surface area contributed by atoms with Gasteiger partial charge >= 0.3 is 0 Å². The summed E-state index contributed by atoms with van der Waals surface area (Å²) in [7, 11) is 0. The van der Waals surface area contributed by atoms with Gasteiger partial charge in [0.2, 0.25) is 11.9 Å². The average Bonchev–Trinajstić information content (AvgIpc) is 3.27. The molecular weight excluding hydrogens is 476 g/mol. The van der Waals surface area contributed by atoms with E-state index in [2.05, 4.69) is 32.5 Å². The van der Waals surface area contributed by atoms with E-state index in [-0.39, 0.29) is 41.1 Å². The summed E-state index contributed by atoms with van der Waals surface area (Å²) in [5.41, 5.74) is 8.62. The summed E-state index contributed by atoms with van der Waals surface area (Å²) in [6.45, 7) is 5.19. The van der Waals surface area contributed by atoms with Crippen LogP contribution in [0.2, 0.25) is 0 Å². The second-order valence-electron chi connectivity index (χ2n) is 9.66. The number of nitrogens with two attached hydrogens (primary N) is 1. The number of benzene rings is 1. The van der Waals surface area contributed by atoms with E-state index < -0.39 is 11.6 Å². The van der Waals surface area contributed by atoms with Crippen LogP contribution in [0.25, 0.3) is 6.08 Å². The fourth-order valence-electron chi connectivity index (χ4n) is 5.02. The lowest BCUT2D eigenvalue weighted by Gasteiger charge is -2.39. The van der Waals surface area contributed by atoms with Crippen molar-refractivity contribution < 1.29 is 13.6 Å². The number of nitrogens with one attached hydrogen (secondary N) is 4. The van der Waals surface area contributed by atoms with E-state index in [4.69, 9.17) is 11.1 Å². The minimum Gasteiger partial charge on any atom is -0.352 e.